The van der Waals surface area contributed by atoms with Crippen LogP contribution in [0.5, 0.6) is 0 Å². The summed E-state index contributed by atoms with van der Waals surface area (Å²) in [5, 5.41) is 3.97. The maximum atomic E-state index is 3.97. The molecule has 0 saturated carbocycles. The van der Waals surface area contributed by atoms with Gasteiger partial charge in [0.1, 0.15) is 12.2 Å². The lowest BCUT2D eigenvalue weighted by molar-refractivity contribution is 0.691. The van der Waals surface area contributed by atoms with E-state index >= 15 is 0 Å². The SMILES string of the molecule is C1=CN2C=NNC2=Cc2ccccc21. The van der Waals surface area contributed by atoms with Crippen molar-refractivity contribution in [2.45, 2.75) is 0 Å². The summed E-state index contributed by atoms with van der Waals surface area (Å²) < 4.78 is 0. The number of benzene rings is 1. The van der Waals surface area contributed by atoms with Crippen molar-refractivity contribution in [2.75, 3.05) is 0 Å². The largest absolute Gasteiger partial charge is 0.291 e. The second-order valence-corrected chi connectivity index (χ2v) is 3.24. The Balaban J connectivity index is 2.17. The van der Waals surface area contributed by atoms with E-state index < -0.39 is 0 Å². The Labute approximate surface area is 82.0 Å². The highest BCUT2D eigenvalue weighted by Gasteiger charge is 2.12. The van der Waals surface area contributed by atoms with Crippen molar-refractivity contribution in [1.82, 2.24) is 10.3 Å². The average Bonchev–Trinajstić information content (AvgIpc) is 2.58. The molecule has 0 bridgehead atoms. The monoisotopic (exact) mass is 183 g/mol. The van der Waals surface area contributed by atoms with Crippen LogP contribution in [-0.4, -0.2) is 11.2 Å². The molecule has 1 aromatic carbocycles. The number of hydrogen-bond donors (Lipinski definition) is 1. The van der Waals surface area contributed by atoms with Crippen LogP contribution in [0.1, 0.15) is 11.1 Å². The summed E-state index contributed by atoms with van der Waals surface area (Å²) in [6, 6.07) is 8.27. The quantitative estimate of drug-likeness (QED) is 0.664. The van der Waals surface area contributed by atoms with Gasteiger partial charge in [-0.2, -0.15) is 5.10 Å². The second-order valence-electron chi connectivity index (χ2n) is 3.24. The van der Waals surface area contributed by atoms with Crippen LogP contribution < -0.4 is 5.43 Å². The average molecular weight is 183 g/mol. The minimum Gasteiger partial charge on any atom is -0.291 e. The third-order valence-corrected chi connectivity index (χ3v) is 2.34. The summed E-state index contributed by atoms with van der Waals surface area (Å²) in [7, 11) is 0. The van der Waals surface area contributed by atoms with Gasteiger partial charge in [-0.1, -0.05) is 24.3 Å². The summed E-state index contributed by atoms with van der Waals surface area (Å²) in [5.74, 6) is 0.992. The lowest BCUT2D eigenvalue weighted by Crippen LogP contribution is -2.13. The van der Waals surface area contributed by atoms with Gasteiger partial charge in [-0.3, -0.25) is 10.3 Å². The van der Waals surface area contributed by atoms with Gasteiger partial charge in [0.05, 0.1) is 0 Å². The minimum atomic E-state index is 0.992. The summed E-state index contributed by atoms with van der Waals surface area (Å²) >= 11 is 0. The van der Waals surface area contributed by atoms with E-state index in [-0.39, 0.29) is 0 Å². The van der Waals surface area contributed by atoms with Gasteiger partial charge in [0.15, 0.2) is 0 Å². The van der Waals surface area contributed by atoms with Crippen LogP contribution in [0.3, 0.4) is 0 Å². The van der Waals surface area contributed by atoms with E-state index in [4.69, 9.17) is 0 Å². The molecule has 1 aromatic rings. The van der Waals surface area contributed by atoms with E-state index in [9.17, 15) is 0 Å². The highest BCUT2D eigenvalue weighted by atomic mass is 15.5. The predicted molar refractivity (Wildman–Crippen MR) is 56.9 cm³/mol. The summed E-state index contributed by atoms with van der Waals surface area (Å²) in [4.78, 5) is 1.96. The molecule has 0 radical (unpaired) electrons. The van der Waals surface area contributed by atoms with Crippen LogP contribution in [-0.2, 0) is 0 Å². The first-order valence-electron chi connectivity index (χ1n) is 4.50. The van der Waals surface area contributed by atoms with Gasteiger partial charge in [-0.15, -0.1) is 0 Å². The molecule has 68 valence electrons. The Hall–Kier alpha value is -2.03. The zero-order chi connectivity index (χ0) is 9.38. The first kappa shape index (κ1) is 7.38. The molecule has 1 N–H and O–H groups in total. The maximum absolute atomic E-state index is 3.97. The molecule has 0 amide bonds. The van der Waals surface area contributed by atoms with Gasteiger partial charge in [-0.25, -0.2) is 0 Å². The number of hydrogen-bond acceptors (Lipinski definition) is 3. The van der Waals surface area contributed by atoms with Crippen LogP contribution >= 0.6 is 0 Å². The fraction of sp³-hybridized carbons (Fsp3) is 0. The highest BCUT2D eigenvalue weighted by Crippen LogP contribution is 2.20. The first-order chi connectivity index (χ1) is 6.93. The molecule has 0 atom stereocenters. The van der Waals surface area contributed by atoms with Crippen molar-refractivity contribution in [3.05, 3.63) is 47.4 Å². The van der Waals surface area contributed by atoms with E-state index in [0.29, 0.717) is 0 Å². The minimum absolute atomic E-state index is 0.992. The van der Waals surface area contributed by atoms with E-state index in [0.717, 1.165) is 5.82 Å². The molecule has 0 unspecified atom stereocenters. The highest BCUT2D eigenvalue weighted by molar-refractivity contribution is 5.75. The molecule has 0 fully saturated rings. The van der Waals surface area contributed by atoms with Gasteiger partial charge in [0.2, 0.25) is 0 Å². The van der Waals surface area contributed by atoms with Crippen LogP contribution in [0.25, 0.3) is 12.2 Å². The third-order valence-electron chi connectivity index (χ3n) is 2.34. The number of nitrogens with zero attached hydrogens (tertiary/aromatic N) is 2. The Bertz CT molecular complexity index is 457. The number of fused-ring (bicyclic) bond motifs is 2. The van der Waals surface area contributed by atoms with Crippen molar-refractivity contribution in [3.63, 3.8) is 0 Å². The van der Waals surface area contributed by atoms with E-state index in [1.165, 1.54) is 11.1 Å². The lowest BCUT2D eigenvalue weighted by Gasteiger charge is -2.07. The molecule has 2 aliphatic rings. The first-order valence-corrected chi connectivity index (χ1v) is 4.50. The number of nitrogens with one attached hydrogen (secondary N) is 1. The van der Waals surface area contributed by atoms with Crippen molar-refractivity contribution >= 4 is 18.5 Å². The van der Waals surface area contributed by atoms with Crippen molar-refractivity contribution in [3.8, 4) is 0 Å². The van der Waals surface area contributed by atoms with Gasteiger partial charge >= 0.3 is 0 Å². The second kappa shape index (κ2) is 2.73. The van der Waals surface area contributed by atoms with Crippen LogP contribution in [0, 0.1) is 0 Å². The Morgan fingerprint density at radius 2 is 2.00 bits per heavy atom. The normalized spacial score (nSPS) is 16.9. The zero-order valence-electron chi connectivity index (χ0n) is 7.51. The molecule has 14 heavy (non-hydrogen) atoms. The molecule has 2 aliphatic heterocycles. The molecular weight excluding hydrogens is 174 g/mol. The van der Waals surface area contributed by atoms with E-state index in [1.54, 1.807) is 6.34 Å². The summed E-state index contributed by atoms with van der Waals surface area (Å²) in [6.45, 7) is 0. The van der Waals surface area contributed by atoms with Gasteiger partial charge in [0, 0.05) is 6.20 Å². The van der Waals surface area contributed by atoms with Crippen LogP contribution in [0.4, 0.5) is 0 Å². The number of rotatable bonds is 0. The Kier molecular flexibility index (Phi) is 1.44. The third kappa shape index (κ3) is 1.03. The van der Waals surface area contributed by atoms with Crippen molar-refractivity contribution < 1.29 is 0 Å². The molecule has 3 heteroatoms. The van der Waals surface area contributed by atoms with Gasteiger partial charge in [0.25, 0.3) is 0 Å². The molecule has 3 rings (SSSR count). The van der Waals surface area contributed by atoms with E-state index in [2.05, 4.69) is 34.8 Å². The lowest BCUT2D eigenvalue weighted by atomic mass is 10.1. The number of hydrazone groups is 1. The smallest absolute Gasteiger partial charge is 0.132 e. The topological polar surface area (TPSA) is 27.6 Å². The summed E-state index contributed by atoms with van der Waals surface area (Å²) in [6.07, 6.45) is 7.93. The molecule has 2 heterocycles. The summed E-state index contributed by atoms with van der Waals surface area (Å²) in [5.41, 5.74) is 5.38. The Morgan fingerprint density at radius 3 is 2.93 bits per heavy atom. The standard InChI is InChI=1S/C11H9N3/c1-2-4-10-7-11-13-12-8-14(11)6-5-9(10)3-1/h1-8,13H. The maximum Gasteiger partial charge on any atom is 0.132 e. The van der Waals surface area contributed by atoms with Crippen LogP contribution in [0.2, 0.25) is 0 Å². The molecular formula is C11H9N3. The molecule has 3 nitrogen and oxygen atoms in total. The predicted octanol–water partition coefficient (Wildman–Crippen LogP) is 1.82. The fourth-order valence-electron chi connectivity index (χ4n) is 1.60. The Morgan fingerprint density at radius 1 is 1.14 bits per heavy atom. The molecule has 0 spiro atoms. The molecule has 0 saturated heterocycles. The van der Waals surface area contributed by atoms with Gasteiger partial charge in [-0.05, 0) is 23.3 Å². The molecule has 0 aliphatic carbocycles. The zero-order valence-corrected chi connectivity index (χ0v) is 7.51. The van der Waals surface area contributed by atoms with Gasteiger partial charge < -0.3 is 0 Å². The molecule has 0 aromatic heterocycles. The van der Waals surface area contributed by atoms with Crippen molar-refractivity contribution in [2.24, 2.45) is 5.10 Å². The van der Waals surface area contributed by atoms with Crippen LogP contribution in [0.15, 0.2) is 41.4 Å². The van der Waals surface area contributed by atoms with E-state index in [1.807, 2.05) is 23.2 Å². The fourth-order valence-corrected chi connectivity index (χ4v) is 1.60. The van der Waals surface area contributed by atoms with Crippen molar-refractivity contribution in [1.29, 1.82) is 0 Å².